The van der Waals surface area contributed by atoms with Gasteiger partial charge in [-0.05, 0) is 55.8 Å². The van der Waals surface area contributed by atoms with E-state index in [0.29, 0.717) is 28.4 Å². The lowest BCUT2D eigenvalue weighted by Gasteiger charge is -2.16. The second kappa shape index (κ2) is 9.02. The first-order valence-electron chi connectivity index (χ1n) is 9.58. The molecule has 0 aliphatic rings. The molecule has 3 rings (SSSR count). The molecule has 0 atom stereocenters. The Morgan fingerprint density at radius 3 is 2.50 bits per heavy atom. The number of hydrogen-bond acceptors (Lipinski definition) is 3. The van der Waals surface area contributed by atoms with Gasteiger partial charge >= 0.3 is 6.18 Å². The van der Waals surface area contributed by atoms with Crippen LogP contribution in [0.15, 0.2) is 60.2 Å². The zero-order valence-electron chi connectivity index (χ0n) is 17.6. The third-order valence-corrected chi connectivity index (χ3v) is 4.91. The normalized spacial score (nSPS) is 11.7. The number of aromatic nitrogens is 1. The highest BCUT2D eigenvalue weighted by Crippen LogP contribution is 2.35. The number of benzene rings is 2. The number of ether oxygens (including phenoxy) is 1. The number of amides is 1. The third-order valence-electron chi connectivity index (χ3n) is 4.91. The largest absolute Gasteiger partial charge is 0.497 e. The number of carbonyl (C=O) groups is 1. The summed E-state index contributed by atoms with van der Waals surface area (Å²) in [7, 11) is 1.49. The maximum absolute atomic E-state index is 13.5. The molecule has 5 nitrogen and oxygen atoms in total. The van der Waals surface area contributed by atoms with Crippen molar-refractivity contribution in [1.82, 2.24) is 4.57 Å². The van der Waals surface area contributed by atoms with Crippen LogP contribution in [0.25, 0.3) is 11.8 Å². The first kappa shape index (κ1) is 22.7. The molecule has 0 unspecified atom stereocenters. The summed E-state index contributed by atoms with van der Waals surface area (Å²) in [5.74, 6) is -0.0987. The zero-order valence-corrected chi connectivity index (χ0v) is 17.6. The minimum atomic E-state index is -4.52. The lowest BCUT2D eigenvalue weighted by atomic mass is 10.1. The summed E-state index contributed by atoms with van der Waals surface area (Å²) >= 11 is 0. The van der Waals surface area contributed by atoms with E-state index < -0.39 is 17.6 Å². The number of halogens is 3. The average molecular weight is 439 g/mol. The van der Waals surface area contributed by atoms with Crippen LogP contribution in [0.4, 0.5) is 18.9 Å². The number of para-hydroxylation sites is 1. The highest BCUT2D eigenvalue weighted by Gasteiger charge is 2.34. The van der Waals surface area contributed by atoms with Crippen LogP contribution in [0.3, 0.4) is 0 Å². The summed E-state index contributed by atoms with van der Waals surface area (Å²) in [6.45, 7) is 3.31. The monoisotopic (exact) mass is 439 g/mol. The highest BCUT2D eigenvalue weighted by molar-refractivity contribution is 6.09. The Bertz CT molecular complexity index is 1230. The minimum Gasteiger partial charge on any atom is -0.497 e. The van der Waals surface area contributed by atoms with Gasteiger partial charge in [0, 0.05) is 23.1 Å². The van der Waals surface area contributed by atoms with E-state index in [-0.39, 0.29) is 11.3 Å². The van der Waals surface area contributed by atoms with E-state index in [1.165, 1.54) is 36.0 Å². The van der Waals surface area contributed by atoms with E-state index in [0.717, 1.165) is 6.07 Å². The van der Waals surface area contributed by atoms with Crippen molar-refractivity contribution >= 4 is 17.7 Å². The topological polar surface area (TPSA) is 67.0 Å². The molecular formula is C24H20F3N3O2. The van der Waals surface area contributed by atoms with Crippen molar-refractivity contribution in [1.29, 1.82) is 5.26 Å². The summed E-state index contributed by atoms with van der Waals surface area (Å²) in [4.78, 5) is 12.6. The molecular weight excluding hydrogens is 419 g/mol. The van der Waals surface area contributed by atoms with Crippen LogP contribution in [-0.4, -0.2) is 17.6 Å². The van der Waals surface area contributed by atoms with Crippen molar-refractivity contribution < 1.29 is 22.7 Å². The molecule has 0 aliphatic carbocycles. The van der Waals surface area contributed by atoms with Gasteiger partial charge in [-0.3, -0.25) is 4.79 Å². The van der Waals surface area contributed by atoms with Gasteiger partial charge in [-0.1, -0.05) is 18.2 Å². The standard InChI is InChI=1S/C24H20F3N3O2/c1-15-11-17(16(2)30(15)22-10-5-4-9-21(22)24(25,26)27)12-18(14-28)23(31)29-19-7-6-8-20(13-19)32-3/h4-13H,1-3H3,(H,29,31)/b18-12-. The number of carbonyl (C=O) groups excluding carboxylic acids is 1. The van der Waals surface area contributed by atoms with Gasteiger partial charge < -0.3 is 14.6 Å². The third kappa shape index (κ3) is 4.67. The summed E-state index contributed by atoms with van der Waals surface area (Å²) in [6.07, 6.45) is -3.16. The molecule has 1 N–H and O–H groups in total. The van der Waals surface area contributed by atoms with Gasteiger partial charge in [0.2, 0.25) is 0 Å². The number of rotatable bonds is 5. The molecule has 2 aromatic carbocycles. The second-order valence-corrected chi connectivity index (χ2v) is 7.03. The molecule has 1 aromatic heterocycles. The summed E-state index contributed by atoms with van der Waals surface area (Å²) in [5, 5.41) is 12.1. The van der Waals surface area contributed by atoms with Crippen LogP contribution in [0, 0.1) is 25.2 Å². The number of nitrogens with one attached hydrogen (secondary N) is 1. The molecule has 0 spiro atoms. The SMILES string of the molecule is COc1cccc(NC(=O)/C(C#N)=C\c2cc(C)n(-c3ccccc3C(F)(F)F)c2C)c1. The zero-order chi connectivity index (χ0) is 23.5. The smallest absolute Gasteiger partial charge is 0.418 e. The number of methoxy groups -OCH3 is 1. The number of nitrogens with zero attached hydrogens (tertiary/aromatic N) is 2. The fourth-order valence-electron chi connectivity index (χ4n) is 3.42. The summed E-state index contributed by atoms with van der Waals surface area (Å²) in [6, 6.07) is 15.4. The van der Waals surface area contributed by atoms with Crippen molar-refractivity contribution in [3.63, 3.8) is 0 Å². The van der Waals surface area contributed by atoms with E-state index in [1.54, 1.807) is 44.2 Å². The molecule has 32 heavy (non-hydrogen) atoms. The van der Waals surface area contributed by atoms with E-state index >= 15 is 0 Å². The molecule has 0 saturated heterocycles. The van der Waals surface area contributed by atoms with E-state index in [1.807, 2.05) is 6.07 Å². The molecule has 1 heterocycles. The van der Waals surface area contributed by atoms with Crippen LogP contribution in [0.5, 0.6) is 5.75 Å². The fraction of sp³-hybridized carbons (Fsp3) is 0.167. The van der Waals surface area contributed by atoms with Crippen LogP contribution in [0.2, 0.25) is 0 Å². The predicted octanol–water partition coefficient (Wildman–Crippen LogP) is 5.67. The lowest BCUT2D eigenvalue weighted by molar-refractivity contribution is -0.137. The molecule has 1 amide bonds. The molecule has 0 fully saturated rings. The molecule has 3 aromatic rings. The minimum absolute atomic E-state index is 0.0195. The van der Waals surface area contributed by atoms with E-state index in [2.05, 4.69) is 5.32 Å². The lowest BCUT2D eigenvalue weighted by Crippen LogP contribution is -2.13. The van der Waals surface area contributed by atoms with Gasteiger partial charge in [-0.2, -0.15) is 18.4 Å². The Kier molecular flexibility index (Phi) is 6.40. The van der Waals surface area contributed by atoms with Gasteiger partial charge in [-0.25, -0.2) is 0 Å². The molecule has 0 bridgehead atoms. The first-order valence-corrected chi connectivity index (χ1v) is 9.58. The Morgan fingerprint density at radius 1 is 1.12 bits per heavy atom. The Balaban J connectivity index is 1.99. The van der Waals surface area contributed by atoms with Gasteiger partial charge in [-0.15, -0.1) is 0 Å². The van der Waals surface area contributed by atoms with Crippen molar-refractivity contribution in [2.45, 2.75) is 20.0 Å². The molecule has 0 aliphatic heterocycles. The van der Waals surface area contributed by atoms with E-state index in [4.69, 9.17) is 4.74 Å². The Morgan fingerprint density at radius 2 is 1.84 bits per heavy atom. The van der Waals surface area contributed by atoms with Crippen molar-refractivity contribution in [2.75, 3.05) is 12.4 Å². The quantitative estimate of drug-likeness (QED) is 0.412. The van der Waals surface area contributed by atoms with Crippen LogP contribution in [0.1, 0.15) is 22.5 Å². The predicted molar refractivity (Wildman–Crippen MR) is 115 cm³/mol. The highest BCUT2D eigenvalue weighted by atomic mass is 19.4. The van der Waals surface area contributed by atoms with Gasteiger partial charge in [0.15, 0.2) is 0 Å². The number of nitriles is 1. The van der Waals surface area contributed by atoms with Crippen molar-refractivity contribution in [3.05, 3.63) is 82.7 Å². The van der Waals surface area contributed by atoms with Crippen molar-refractivity contribution in [2.24, 2.45) is 0 Å². The number of aryl methyl sites for hydroxylation is 1. The van der Waals surface area contributed by atoms with Crippen LogP contribution < -0.4 is 10.1 Å². The van der Waals surface area contributed by atoms with E-state index in [9.17, 15) is 23.2 Å². The fourth-order valence-corrected chi connectivity index (χ4v) is 3.42. The molecule has 0 radical (unpaired) electrons. The second-order valence-electron chi connectivity index (χ2n) is 7.03. The van der Waals surface area contributed by atoms with Crippen LogP contribution >= 0.6 is 0 Å². The van der Waals surface area contributed by atoms with Gasteiger partial charge in [0.1, 0.15) is 17.4 Å². The summed E-state index contributed by atoms with van der Waals surface area (Å²) in [5.41, 5.74) is 0.953. The molecule has 8 heteroatoms. The van der Waals surface area contributed by atoms with Crippen LogP contribution in [-0.2, 0) is 11.0 Å². The number of alkyl halides is 3. The Labute approximate surface area is 183 Å². The maximum Gasteiger partial charge on any atom is 0.418 e. The molecule has 164 valence electrons. The molecule has 0 saturated carbocycles. The number of anilines is 1. The first-order chi connectivity index (χ1) is 15.2. The maximum atomic E-state index is 13.5. The average Bonchev–Trinajstić information content (AvgIpc) is 3.04. The number of hydrogen-bond donors (Lipinski definition) is 1. The van der Waals surface area contributed by atoms with Gasteiger partial charge in [0.25, 0.3) is 5.91 Å². The van der Waals surface area contributed by atoms with Crippen molar-refractivity contribution in [3.8, 4) is 17.5 Å². The Hall–Kier alpha value is -3.99. The summed E-state index contributed by atoms with van der Waals surface area (Å²) < 4.78 is 47.1. The van der Waals surface area contributed by atoms with Gasteiger partial charge in [0.05, 0.1) is 18.4 Å².